The molecule has 15 heteroatoms. The fourth-order valence-corrected chi connectivity index (χ4v) is 5.39. The quantitative estimate of drug-likeness (QED) is 0.174. The van der Waals surface area contributed by atoms with E-state index in [0.29, 0.717) is 0 Å². The van der Waals surface area contributed by atoms with E-state index in [2.05, 4.69) is 0 Å². The van der Waals surface area contributed by atoms with Gasteiger partial charge in [-0.25, -0.2) is 14.4 Å². The summed E-state index contributed by atoms with van der Waals surface area (Å²) in [6.45, 7) is 0. The molecule has 0 saturated heterocycles. The van der Waals surface area contributed by atoms with Crippen molar-refractivity contribution < 1.29 is 71.2 Å². The first-order valence-electron chi connectivity index (χ1n) is 13.9. The summed E-state index contributed by atoms with van der Waals surface area (Å²) >= 11 is 0. The van der Waals surface area contributed by atoms with Gasteiger partial charge in [0.05, 0.1) is 102 Å². The van der Waals surface area contributed by atoms with E-state index in [1.165, 1.54) is 90.3 Å². The van der Waals surface area contributed by atoms with Gasteiger partial charge in [0, 0.05) is 22.3 Å². The lowest BCUT2D eigenvalue weighted by molar-refractivity contribution is 0.0588. The molecule has 15 nitrogen and oxygen atoms in total. The smallest absolute Gasteiger partial charge is 0.339 e. The number of carbonyl (C=O) groups excluding carboxylic acids is 3. The fraction of sp³-hybridized carbons (Fsp3) is 0.364. The first-order valence-corrected chi connectivity index (χ1v) is 13.9. The molecule has 0 radical (unpaired) electrons. The molecule has 0 aliphatic heterocycles. The Hall–Kier alpha value is -5.73. The van der Waals surface area contributed by atoms with Gasteiger partial charge in [0.15, 0.2) is 34.5 Å². The number of carbonyl (C=O) groups is 3. The minimum Gasteiger partial charge on any atom is -0.493 e. The number of methoxy groups -OCH3 is 12. The summed E-state index contributed by atoms with van der Waals surface area (Å²) in [4.78, 5) is 41.1. The maximum absolute atomic E-state index is 14.2. The van der Waals surface area contributed by atoms with Gasteiger partial charge < -0.3 is 56.8 Å². The van der Waals surface area contributed by atoms with Gasteiger partial charge in [0.2, 0.25) is 17.2 Å². The van der Waals surface area contributed by atoms with Crippen LogP contribution in [-0.2, 0) is 14.2 Å². The van der Waals surface area contributed by atoms with Crippen molar-refractivity contribution in [3.63, 3.8) is 0 Å². The Morgan fingerprint density at radius 1 is 0.354 bits per heavy atom. The zero-order chi connectivity index (χ0) is 35.9. The van der Waals surface area contributed by atoms with Crippen molar-refractivity contribution in [3.8, 4) is 74.0 Å². The van der Waals surface area contributed by atoms with E-state index in [4.69, 9.17) is 56.8 Å². The van der Waals surface area contributed by atoms with Gasteiger partial charge >= 0.3 is 17.9 Å². The highest BCUT2D eigenvalue weighted by molar-refractivity contribution is 6.15. The van der Waals surface area contributed by atoms with Crippen LogP contribution in [-0.4, -0.2) is 103 Å². The van der Waals surface area contributed by atoms with E-state index in [-0.39, 0.29) is 90.7 Å². The summed E-state index contributed by atoms with van der Waals surface area (Å²) in [7, 11) is 15.5. The van der Waals surface area contributed by atoms with Crippen molar-refractivity contribution in [1.29, 1.82) is 0 Å². The lowest BCUT2D eigenvalue weighted by Crippen LogP contribution is -2.15. The third-order valence-electron chi connectivity index (χ3n) is 7.34. The highest BCUT2D eigenvalue weighted by Gasteiger charge is 2.40. The molecule has 3 aromatic carbocycles. The topological polar surface area (TPSA) is 162 Å². The molecule has 0 saturated carbocycles. The second-order valence-electron chi connectivity index (χ2n) is 9.34. The maximum Gasteiger partial charge on any atom is 0.339 e. The Bertz CT molecular complexity index is 1600. The molecule has 0 atom stereocenters. The van der Waals surface area contributed by atoms with E-state index in [9.17, 15) is 14.4 Å². The average molecular weight is 675 g/mol. The highest BCUT2D eigenvalue weighted by Crippen LogP contribution is 2.60. The van der Waals surface area contributed by atoms with Crippen LogP contribution < -0.4 is 42.6 Å². The molecule has 0 N–H and O–H groups in total. The summed E-state index contributed by atoms with van der Waals surface area (Å²) in [5, 5.41) is 0. The van der Waals surface area contributed by atoms with Crippen LogP contribution in [0.2, 0.25) is 0 Å². The normalized spacial score (nSPS) is 10.3. The summed E-state index contributed by atoms with van der Waals surface area (Å²) in [5.74, 6) is -2.77. The molecule has 0 amide bonds. The predicted molar refractivity (Wildman–Crippen MR) is 170 cm³/mol. The second-order valence-corrected chi connectivity index (χ2v) is 9.34. The van der Waals surface area contributed by atoms with Crippen molar-refractivity contribution in [3.05, 3.63) is 28.8 Å². The van der Waals surface area contributed by atoms with Crippen molar-refractivity contribution in [2.75, 3.05) is 85.3 Å². The van der Waals surface area contributed by atoms with Crippen molar-refractivity contribution >= 4 is 17.9 Å². The maximum atomic E-state index is 14.2. The van der Waals surface area contributed by atoms with Gasteiger partial charge in [-0.2, -0.15) is 0 Å². The van der Waals surface area contributed by atoms with Gasteiger partial charge in [-0.05, 0) is 12.1 Å². The summed E-state index contributed by atoms with van der Waals surface area (Å²) in [5.41, 5.74) is -0.896. The van der Waals surface area contributed by atoms with E-state index < -0.39 is 17.9 Å². The van der Waals surface area contributed by atoms with Gasteiger partial charge in [-0.1, -0.05) is 0 Å². The predicted octanol–water partition coefficient (Wildman–Crippen LogP) is 4.46. The molecular formula is C33H38O15. The molecule has 0 bridgehead atoms. The molecule has 0 aliphatic carbocycles. The second kappa shape index (κ2) is 15.7. The SMILES string of the molecule is COC(=O)c1cc(OC)c(OC)c(OC)c1-c1c(OC)c(OC)c(OC)c(-c2c(C(=O)OC)cc(OC)c(OC)c2OC)c1C(=O)OC. The average Bonchev–Trinajstić information content (AvgIpc) is 3.13. The Labute approximate surface area is 277 Å². The van der Waals surface area contributed by atoms with Gasteiger partial charge in [0.1, 0.15) is 0 Å². The Morgan fingerprint density at radius 2 is 0.646 bits per heavy atom. The van der Waals surface area contributed by atoms with Crippen LogP contribution >= 0.6 is 0 Å². The number of rotatable bonds is 14. The van der Waals surface area contributed by atoms with Crippen LogP contribution in [0.25, 0.3) is 22.3 Å². The number of esters is 3. The number of hydrogen-bond donors (Lipinski definition) is 0. The Morgan fingerprint density at radius 3 is 0.896 bits per heavy atom. The zero-order valence-corrected chi connectivity index (χ0v) is 28.8. The highest BCUT2D eigenvalue weighted by atomic mass is 16.6. The largest absolute Gasteiger partial charge is 0.493 e. The third kappa shape index (κ3) is 5.94. The molecule has 3 aromatic rings. The molecule has 0 unspecified atom stereocenters. The van der Waals surface area contributed by atoms with E-state index >= 15 is 0 Å². The van der Waals surface area contributed by atoms with Gasteiger partial charge in [-0.3, -0.25) is 0 Å². The fourth-order valence-electron chi connectivity index (χ4n) is 5.39. The molecule has 3 rings (SSSR count). The molecular weight excluding hydrogens is 636 g/mol. The van der Waals surface area contributed by atoms with E-state index in [0.717, 1.165) is 7.11 Å². The number of ether oxygens (including phenoxy) is 12. The standard InChI is InChI=1S/C33H38O15/c1-37-17-13-15(31(34)46-10)19(26(41-5)24(17)39-3)21-23(33(36)48-12)22(29(44-8)30(45-9)28(21)43-7)20-16(32(35)47-11)14-18(38-2)25(40-4)27(20)42-6/h13-14H,1-12H3. The number of benzene rings is 3. The van der Waals surface area contributed by atoms with Crippen LogP contribution in [0, 0.1) is 0 Å². The van der Waals surface area contributed by atoms with Crippen LogP contribution in [0.1, 0.15) is 31.1 Å². The first kappa shape index (κ1) is 36.7. The summed E-state index contributed by atoms with van der Waals surface area (Å²) in [6, 6.07) is 2.69. The van der Waals surface area contributed by atoms with Crippen LogP contribution in [0.3, 0.4) is 0 Å². The molecule has 260 valence electrons. The van der Waals surface area contributed by atoms with Crippen LogP contribution in [0.4, 0.5) is 0 Å². The molecule has 0 spiro atoms. The minimum atomic E-state index is -0.973. The van der Waals surface area contributed by atoms with Gasteiger partial charge in [0.25, 0.3) is 0 Å². The van der Waals surface area contributed by atoms with E-state index in [1.807, 2.05) is 0 Å². The third-order valence-corrected chi connectivity index (χ3v) is 7.34. The molecule has 0 aliphatic rings. The Kier molecular flexibility index (Phi) is 12.0. The summed E-state index contributed by atoms with van der Waals surface area (Å²) in [6.07, 6.45) is 0. The molecule has 0 fully saturated rings. The van der Waals surface area contributed by atoms with Crippen molar-refractivity contribution in [1.82, 2.24) is 0 Å². The van der Waals surface area contributed by atoms with Gasteiger partial charge in [-0.15, -0.1) is 0 Å². The van der Waals surface area contributed by atoms with Crippen molar-refractivity contribution in [2.45, 2.75) is 0 Å². The lowest BCUT2D eigenvalue weighted by atomic mass is 9.84. The molecule has 0 heterocycles. The molecule has 0 aromatic heterocycles. The van der Waals surface area contributed by atoms with Crippen LogP contribution in [0.15, 0.2) is 12.1 Å². The van der Waals surface area contributed by atoms with Crippen molar-refractivity contribution in [2.24, 2.45) is 0 Å². The zero-order valence-electron chi connectivity index (χ0n) is 28.8. The molecule has 48 heavy (non-hydrogen) atoms. The first-order chi connectivity index (χ1) is 23.1. The van der Waals surface area contributed by atoms with E-state index in [1.54, 1.807) is 0 Å². The minimum absolute atomic E-state index is 0.0517. The lowest BCUT2D eigenvalue weighted by Gasteiger charge is -2.27. The Balaban J connectivity index is 2.97. The monoisotopic (exact) mass is 674 g/mol. The summed E-state index contributed by atoms with van der Waals surface area (Å²) < 4.78 is 67.0. The number of hydrogen-bond acceptors (Lipinski definition) is 15. The van der Waals surface area contributed by atoms with Crippen LogP contribution in [0.5, 0.6) is 51.7 Å².